The summed E-state index contributed by atoms with van der Waals surface area (Å²) >= 11 is 1.22. The van der Waals surface area contributed by atoms with E-state index in [0.29, 0.717) is 55.4 Å². The third-order valence-corrected chi connectivity index (χ3v) is 8.15. The molecule has 4 aromatic rings. The molecule has 0 saturated heterocycles. The lowest BCUT2D eigenvalue weighted by atomic mass is 9.93. The Balaban J connectivity index is 1.69. The van der Waals surface area contributed by atoms with Gasteiger partial charge in [0.05, 0.1) is 36.6 Å². The fourth-order valence-electron chi connectivity index (χ4n) is 5.11. The number of esters is 1. The van der Waals surface area contributed by atoms with Crippen molar-refractivity contribution in [2.75, 3.05) is 20.8 Å². The molecular formula is C34H33FN2O6S. The fraction of sp³-hybridized carbons (Fsp3) is 0.265. The van der Waals surface area contributed by atoms with Crippen LogP contribution in [0, 0.1) is 5.82 Å². The maximum absolute atomic E-state index is 14.2. The smallest absolute Gasteiger partial charge is 0.338 e. The zero-order valence-electron chi connectivity index (χ0n) is 25.0. The van der Waals surface area contributed by atoms with Crippen LogP contribution in [0.5, 0.6) is 17.2 Å². The molecule has 0 unspecified atom stereocenters. The molecule has 5 rings (SSSR count). The first-order valence-electron chi connectivity index (χ1n) is 14.3. The lowest BCUT2D eigenvalue weighted by Crippen LogP contribution is -2.40. The summed E-state index contributed by atoms with van der Waals surface area (Å²) in [6, 6.07) is 18.1. The minimum absolute atomic E-state index is 0.0255. The van der Waals surface area contributed by atoms with Gasteiger partial charge in [-0.05, 0) is 49.8 Å². The number of aromatic nitrogens is 1. The van der Waals surface area contributed by atoms with Crippen molar-refractivity contribution in [3.05, 3.63) is 120 Å². The lowest BCUT2D eigenvalue weighted by molar-refractivity contribution is -0.139. The highest BCUT2D eigenvalue weighted by Crippen LogP contribution is 2.38. The molecule has 1 aliphatic rings. The number of ether oxygens (including phenoxy) is 4. The van der Waals surface area contributed by atoms with Crippen molar-refractivity contribution < 1.29 is 28.1 Å². The Bertz CT molecular complexity index is 1890. The second-order valence-electron chi connectivity index (χ2n) is 9.94. The third-order valence-electron chi connectivity index (χ3n) is 7.17. The molecular weight excluding hydrogens is 583 g/mol. The van der Waals surface area contributed by atoms with Crippen LogP contribution < -0.4 is 29.1 Å². The van der Waals surface area contributed by atoms with Crippen LogP contribution in [0.15, 0.2) is 87.8 Å². The number of halogens is 1. The molecule has 8 nitrogen and oxygen atoms in total. The van der Waals surface area contributed by atoms with Crippen LogP contribution >= 0.6 is 11.3 Å². The van der Waals surface area contributed by atoms with Gasteiger partial charge in [0.15, 0.2) is 4.80 Å². The van der Waals surface area contributed by atoms with Crippen molar-refractivity contribution in [1.29, 1.82) is 0 Å². The first-order valence-corrected chi connectivity index (χ1v) is 15.1. The monoisotopic (exact) mass is 616 g/mol. The highest BCUT2D eigenvalue weighted by molar-refractivity contribution is 7.07. The van der Waals surface area contributed by atoms with Crippen LogP contribution in [0.25, 0.3) is 6.08 Å². The zero-order chi connectivity index (χ0) is 31.2. The average molecular weight is 617 g/mol. The number of thiazole rings is 1. The quantitative estimate of drug-likeness (QED) is 0.212. The van der Waals surface area contributed by atoms with Crippen LogP contribution in [-0.4, -0.2) is 31.4 Å². The third kappa shape index (κ3) is 6.16. The zero-order valence-corrected chi connectivity index (χ0v) is 25.8. The van der Waals surface area contributed by atoms with Crippen LogP contribution in [0.3, 0.4) is 0 Å². The van der Waals surface area contributed by atoms with Crippen LogP contribution in [0.4, 0.5) is 4.39 Å². The number of nitrogens with zero attached hydrogens (tertiary/aromatic N) is 2. The molecule has 3 aromatic carbocycles. The molecule has 0 bridgehead atoms. The van der Waals surface area contributed by atoms with Crippen LogP contribution in [0.2, 0.25) is 0 Å². The molecule has 0 radical (unpaired) electrons. The summed E-state index contributed by atoms with van der Waals surface area (Å²) in [5, 5.41) is 0. The van der Waals surface area contributed by atoms with Crippen molar-refractivity contribution in [3.63, 3.8) is 0 Å². The lowest BCUT2D eigenvalue weighted by Gasteiger charge is -2.27. The number of benzene rings is 3. The predicted molar refractivity (Wildman–Crippen MR) is 166 cm³/mol. The van der Waals surface area contributed by atoms with E-state index in [1.165, 1.54) is 29.1 Å². The minimum Gasteiger partial charge on any atom is -0.497 e. The second-order valence-corrected chi connectivity index (χ2v) is 10.9. The summed E-state index contributed by atoms with van der Waals surface area (Å²) < 4.78 is 38.8. The Morgan fingerprint density at radius 3 is 2.52 bits per heavy atom. The van der Waals surface area contributed by atoms with E-state index < -0.39 is 12.0 Å². The predicted octanol–water partition coefficient (Wildman–Crippen LogP) is 5.31. The Morgan fingerprint density at radius 2 is 1.80 bits per heavy atom. The van der Waals surface area contributed by atoms with Crippen molar-refractivity contribution in [3.8, 4) is 17.2 Å². The Kier molecular flexibility index (Phi) is 9.59. The van der Waals surface area contributed by atoms with E-state index in [1.807, 2.05) is 25.1 Å². The summed E-state index contributed by atoms with van der Waals surface area (Å²) in [5.41, 5.74) is 2.13. The van der Waals surface area contributed by atoms with Gasteiger partial charge in [0, 0.05) is 16.7 Å². The van der Waals surface area contributed by atoms with E-state index in [9.17, 15) is 14.0 Å². The Labute approximate surface area is 258 Å². The second kappa shape index (κ2) is 13.7. The first-order chi connectivity index (χ1) is 21.4. The molecule has 10 heteroatoms. The molecule has 0 spiro atoms. The van der Waals surface area contributed by atoms with Gasteiger partial charge in [-0.1, -0.05) is 61.1 Å². The Hall–Kier alpha value is -4.70. The van der Waals surface area contributed by atoms with Crippen LogP contribution in [-0.2, 0) is 16.1 Å². The number of carbonyl (C=O) groups excluding carboxylic acids is 1. The standard InChI is InChI=1S/C34H33FN2O6S/c1-5-11-26-30(33(39)42-6-2)31(24-19-23(40-3)16-17-28(24)41-4)37-32(38)29(44-34(37)36-26)18-21-12-8-10-15-27(21)43-20-22-13-7-9-14-25(22)35/h7-10,12-19,31H,5-6,11,20H2,1-4H3/b29-18-/t31-/m1/s1. The summed E-state index contributed by atoms with van der Waals surface area (Å²) in [6.45, 7) is 3.93. The van der Waals surface area contributed by atoms with Gasteiger partial charge in [0.25, 0.3) is 5.56 Å². The van der Waals surface area contributed by atoms with Gasteiger partial charge >= 0.3 is 5.97 Å². The van der Waals surface area contributed by atoms with Crippen molar-refractivity contribution in [2.24, 2.45) is 4.99 Å². The molecule has 1 aromatic heterocycles. The normalized spacial score (nSPS) is 14.6. The number of para-hydroxylation sites is 1. The maximum atomic E-state index is 14.2. The van der Waals surface area contributed by atoms with Gasteiger partial charge in [-0.3, -0.25) is 9.36 Å². The molecule has 0 N–H and O–H groups in total. The minimum atomic E-state index is -0.869. The number of hydrogen-bond acceptors (Lipinski definition) is 8. The topological polar surface area (TPSA) is 88.4 Å². The molecule has 0 aliphatic carbocycles. The molecule has 0 fully saturated rings. The fourth-order valence-corrected chi connectivity index (χ4v) is 6.12. The van der Waals surface area contributed by atoms with E-state index in [2.05, 4.69) is 0 Å². The number of carbonyl (C=O) groups is 1. The summed E-state index contributed by atoms with van der Waals surface area (Å²) in [6.07, 6.45) is 2.97. The highest BCUT2D eigenvalue weighted by atomic mass is 32.1. The number of methoxy groups -OCH3 is 2. The SMILES string of the molecule is CCCC1=C(C(=O)OCC)[C@@H](c2cc(OC)ccc2OC)n2c(s/c(=C\c3ccccc3OCc3ccccc3F)c2=O)=N1. The summed E-state index contributed by atoms with van der Waals surface area (Å²) in [4.78, 5) is 33.0. The van der Waals surface area contributed by atoms with E-state index in [1.54, 1.807) is 62.6 Å². The maximum Gasteiger partial charge on any atom is 0.338 e. The Morgan fingerprint density at radius 1 is 1.02 bits per heavy atom. The van der Waals surface area contributed by atoms with E-state index >= 15 is 0 Å². The molecule has 1 atom stereocenters. The molecule has 44 heavy (non-hydrogen) atoms. The van der Waals surface area contributed by atoms with Crippen LogP contribution in [0.1, 0.15) is 49.4 Å². The molecule has 0 amide bonds. The van der Waals surface area contributed by atoms with Crippen molar-refractivity contribution in [1.82, 2.24) is 4.57 Å². The number of hydrogen-bond donors (Lipinski definition) is 0. The van der Waals surface area contributed by atoms with E-state index in [0.717, 1.165) is 6.42 Å². The van der Waals surface area contributed by atoms with E-state index in [-0.39, 0.29) is 30.2 Å². The molecule has 228 valence electrons. The average Bonchev–Trinajstić information content (AvgIpc) is 3.34. The molecule has 2 heterocycles. The highest BCUT2D eigenvalue weighted by Gasteiger charge is 2.36. The van der Waals surface area contributed by atoms with Gasteiger partial charge in [-0.2, -0.15) is 0 Å². The van der Waals surface area contributed by atoms with Crippen molar-refractivity contribution >= 4 is 23.4 Å². The largest absolute Gasteiger partial charge is 0.497 e. The summed E-state index contributed by atoms with van der Waals surface area (Å²) in [5.74, 6) is 0.617. The van der Waals surface area contributed by atoms with Gasteiger partial charge in [-0.25, -0.2) is 14.2 Å². The van der Waals surface area contributed by atoms with Gasteiger partial charge in [0.1, 0.15) is 35.7 Å². The van der Waals surface area contributed by atoms with Crippen molar-refractivity contribution in [2.45, 2.75) is 39.3 Å². The first kappa shape index (κ1) is 30.7. The van der Waals surface area contributed by atoms with E-state index in [4.69, 9.17) is 23.9 Å². The number of fused-ring (bicyclic) bond motifs is 1. The van der Waals surface area contributed by atoms with Gasteiger partial charge in [-0.15, -0.1) is 0 Å². The molecule has 0 saturated carbocycles. The van der Waals surface area contributed by atoms with Gasteiger partial charge < -0.3 is 18.9 Å². The number of rotatable bonds is 11. The summed E-state index contributed by atoms with van der Waals surface area (Å²) in [7, 11) is 3.08. The molecule has 1 aliphatic heterocycles. The number of allylic oxidation sites excluding steroid dienone is 1. The van der Waals surface area contributed by atoms with Gasteiger partial charge in [0.2, 0.25) is 0 Å².